The molecule has 0 bridgehead atoms. The molecule has 8 nitrogen and oxygen atoms in total. The number of amides is 1. The largest absolute Gasteiger partial charge is 0.492 e. The van der Waals surface area contributed by atoms with Gasteiger partial charge in [0.1, 0.15) is 18.1 Å². The number of likely N-dealkylation sites (tertiary alicyclic amines) is 1. The zero-order valence-corrected chi connectivity index (χ0v) is 23.3. The van der Waals surface area contributed by atoms with Crippen molar-refractivity contribution in [2.75, 3.05) is 26.2 Å². The fourth-order valence-electron chi connectivity index (χ4n) is 5.02. The maximum Gasteiger partial charge on any atom is 0.415 e. The molecule has 1 saturated heterocycles. The lowest BCUT2D eigenvalue weighted by Gasteiger charge is -2.26. The number of carbonyl (C=O) groups excluding carboxylic acids is 1. The Labute approximate surface area is 243 Å². The normalized spacial score (nSPS) is 15.1. The van der Waals surface area contributed by atoms with Crippen molar-refractivity contribution in [2.24, 2.45) is 0 Å². The number of alkyl halides is 3. The predicted molar refractivity (Wildman–Crippen MR) is 152 cm³/mol. The number of aromatic nitrogens is 3. The van der Waals surface area contributed by atoms with Gasteiger partial charge in [0, 0.05) is 30.1 Å². The second-order valence-electron chi connectivity index (χ2n) is 10.1. The van der Waals surface area contributed by atoms with E-state index < -0.39 is 18.1 Å². The topological polar surface area (TPSA) is 84.9 Å². The molecule has 1 amide bonds. The molecule has 42 heavy (non-hydrogen) atoms. The molecule has 0 aliphatic carbocycles. The lowest BCUT2D eigenvalue weighted by Crippen LogP contribution is -2.37. The zero-order valence-electron chi connectivity index (χ0n) is 22.5. The van der Waals surface area contributed by atoms with Crippen LogP contribution in [-0.4, -0.2) is 57.8 Å². The van der Waals surface area contributed by atoms with E-state index in [0.717, 1.165) is 54.1 Å². The molecular weight excluding hydrogens is 567 g/mol. The molecule has 6 rings (SSSR count). The fourth-order valence-corrected chi connectivity index (χ4v) is 5.83. The van der Waals surface area contributed by atoms with Crippen molar-refractivity contribution in [3.8, 4) is 28.0 Å². The third-order valence-corrected chi connectivity index (χ3v) is 8.16. The highest BCUT2D eigenvalue weighted by molar-refractivity contribution is 7.12. The monoisotopic (exact) mass is 595 g/mol. The number of piperidine rings is 1. The quantitative estimate of drug-likeness (QED) is 0.206. The van der Waals surface area contributed by atoms with E-state index in [-0.39, 0.29) is 10.6 Å². The van der Waals surface area contributed by atoms with Crippen molar-refractivity contribution in [3.05, 3.63) is 83.3 Å². The van der Waals surface area contributed by atoms with E-state index in [2.05, 4.69) is 15.0 Å². The number of ether oxygens (including phenoxy) is 1. The highest BCUT2D eigenvalue weighted by Crippen LogP contribution is 2.34. The van der Waals surface area contributed by atoms with E-state index in [1.54, 1.807) is 22.3 Å². The first-order valence-corrected chi connectivity index (χ1v) is 14.5. The summed E-state index contributed by atoms with van der Waals surface area (Å²) in [6.45, 7) is 3.87. The highest BCUT2D eigenvalue weighted by atomic mass is 32.1. The second-order valence-corrected chi connectivity index (χ2v) is 11.0. The summed E-state index contributed by atoms with van der Waals surface area (Å²) in [5.41, 5.74) is 3.67. The molecule has 218 valence electrons. The van der Waals surface area contributed by atoms with Crippen molar-refractivity contribution in [3.63, 3.8) is 0 Å². The first kappa shape index (κ1) is 28.0. The van der Waals surface area contributed by atoms with Gasteiger partial charge in [0.2, 0.25) is 0 Å². The summed E-state index contributed by atoms with van der Waals surface area (Å²) in [4.78, 5) is 19.9. The summed E-state index contributed by atoms with van der Waals surface area (Å²) >= 11 is 1.04. The van der Waals surface area contributed by atoms with Crippen LogP contribution in [0.1, 0.15) is 40.7 Å². The van der Waals surface area contributed by atoms with E-state index in [9.17, 15) is 18.0 Å². The molecule has 1 N–H and O–H groups in total. The first-order chi connectivity index (χ1) is 20.3. The van der Waals surface area contributed by atoms with Crippen LogP contribution in [0, 0.1) is 0 Å². The second kappa shape index (κ2) is 12.0. The smallest absolute Gasteiger partial charge is 0.415 e. The molecule has 0 saturated carbocycles. The lowest BCUT2D eigenvalue weighted by atomic mass is 10.1. The average molecular weight is 596 g/mol. The third kappa shape index (κ3) is 6.19. The van der Waals surface area contributed by atoms with E-state index in [0.29, 0.717) is 23.4 Å². The Morgan fingerprint density at radius 3 is 2.62 bits per heavy atom. The van der Waals surface area contributed by atoms with E-state index >= 15 is 0 Å². The zero-order chi connectivity index (χ0) is 29.1. The van der Waals surface area contributed by atoms with Gasteiger partial charge in [-0.25, -0.2) is 9.50 Å². The maximum absolute atomic E-state index is 13.6. The lowest BCUT2D eigenvalue weighted by molar-refractivity contribution is -0.158. The van der Waals surface area contributed by atoms with Crippen LogP contribution < -0.4 is 10.1 Å². The van der Waals surface area contributed by atoms with Gasteiger partial charge in [0.25, 0.3) is 5.91 Å². The summed E-state index contributed by atoms with van der Waals surface area (Å²) in [5, 5.41) is 8.15. The molecule has 1 aliphatic heterocycles. The Morgan fingerprint density at radius 2 is 1.88 bits per heavy atom. The van der Waals surface area contributed by atoms with E-state index in [1.807, 2.05) is 35.8 Å². The van der Waals surface area contributed by atoms with Gasteiger partial charge >= 0.3 is 6.18 Å². The predicted octanol–water partition coefficient (Wildman–Crippen LogP) is 6.62. The summed E-state index contributed by atoms with van der Waals surface area (Å²) in [7, 11) is 0. The van der Waals surface area contributed by atoms with Crippen molar-refractivity contribution < 1.29 is 27.1 Å². The van der Waals surface area contributed by atoms with E-state index in [1.165, 1.54) is 37.5 Å². The van der Waals surface area contributed by atoms with Crippen LogP contribution in [0.5, 0.6) is 5.75 Å². The number of nitrogens with one attached hydrogen (secondary N) is 1. The van der Waals surface area contributed by atoms with Crippen LogP contribution in [0.2, 0.25) is 0 Å². The van der Waals surface area contributed by atoms with Gasteiger partial charge < -0.3 is 14.5 Å². The van der Waals surface area contributed by atoms with Crippen LogP contribution in [0.15, 0.2) is 77.1 Å². The third-order valence-electron chi connectivity index (χ3n) is 7.23. The standard InChI is InChI=1S/C30H28F3N5O3S/c31-30(32,33)27(25-5-4-13-41-25)36-29(39)26-15-21(19-42-26)24-17-35-38-18-22(16-34-28(24)38)20-6-8-23(9-7-20)40-14-12-37-10-2-1-3-11-37/h4-9,13,15-19,27H,1-3,10-12,14H2,(H,36,39). The molecule has 1 unspecified atom stereocenters. The number of carbonyl (C=O) groups is 1. The van der Waals surface area contributed by atoms with Crippen molar-refractivity contribution in [1.29, 1.82) is 0 Å². The minimum absolute atomic E-state index is 0.125. The van der Waals surface area contributed by atoms with Crippen molar-refractivity contribution >= 4 is 22.9 Å². The number of fused-ring (bicyclic) bond motifs is 1. The molecule has 0 radical (unpaired) electrons. The van der Waals surface area contributed by atoms with Crippen molar-refractivity contribution in [2.45, 2.75) is 31.5 Å². The molecule has 5 heterocycles. The fraction of sp³-hybridized carbons (Fsp3) is 0.300. The highest BCUT2D eigenvalue weighted by Gasteiger charge is 2.44. The van der Waals surface area contributed by atoms with Gasteiger partial charge in [0.15, 0.2) is 11.7 Å². The molecule has 1 atom stereocenters. The van der Waals surface area contributed by atoms with Crippen molar-refractivity contribution in [1.82, 2.24) is 24.8 Å². The average Bonchev–Trinajstić information content (AvgIpc) is 3.77. The molecule has 1 aromatic carbocycles. The van der Waals surface area contributed by atoms with Crippen LogP contribution >= 0.6 is 11.3 Å². The van der Waals surface area contributed by atoms with Gasteiger partial charge in [0.05, 0.1) is 17.3 Å². The van der Waals surface area contributed by atoms with Gasteiger partial charge in [-0.2, -0.15) is 18.3 Å². The number of nitrogens with zero attached hydrogens (tertiary/aromatic N) is 4. The number of furan rings is 1. The molecule has 4 aromatic heterocycles. The number of halogens is 3. The Bertz CT molecular complexity index is 1640. The Kier molecular flexibility index (Phi) is 7.98. The number of benzene rings is 1. The Hall–Kier alpha value is -4.16. The molecule has 1 fully saturated rings. The van der Waals surface area contributed by atoms with Crippen LogP contribution in [0.4, 0.5) is 13.2 Å². The number of thiophene rings is 1. The van der Waals surface area contributed by atoms with Gasteiger partial charge in [-0.05, 0) is 72.8 Å². The van der Waals surface area contributed by atoms with Gasteiger partial charge in [-0.1, -0.05) is 18.6 Å². The molecule has 1 aliphatic rings. The Balaban J connectivity index is 1.12. The van der Waals surface area contributed by atoms with Gasteiger partial charge in [-0.3, -0.25) is 9.69 Å². The first-order valence-electron chi connectivity index (χ1n) is 13.6. The van der Waals surface area contributed by atoms with Crippen LogP contribution in [0.25, 0.3) is 27.9 Å². The minimum Gasteiger partial charge on any atom is -0.492 e. The molecule has 12 heteroatoms. The number of rotatable bonds is 9. The number of hydrogen-bond donors (Lipinski definition) is 1. The molecule has 0 spiro atoms. The SMILES string of the molecule is O=C(NC(c1ccco1)C(F)(F)F)c1cc(-c2cnn3cc(-c4ccc(OCCN5CCCCC5)cc4)cnc23)cs1. The summed E-state index contributed by atoms with van der Waals surface area (Å²) in [6, 6.07) is 9.64. The number of hydrogen-bond acceptors (Lipinski definition) is 7. The summed E-state index contributed by atoms with van der Waals surface area (Å²) in [5.74, 6) is -0.421. The van der Waals surface area contributed by atoms with Crippen LogP contribution in [-0.2, 0) is 0 Å². The van der Waals surface area contributed by atoms with Crippen LogP contribution in [0.3, 0.4) is 0 Å². The van der Waals surface area contributed by atoms with E-state index in [4.69, 9.17) is 9.15 Å². The minimum atomic E-state index is -4.71. The molecule has 5 aromatic rings. The molecular formula is C30H28F3N5O3S. The Morgan fingerprint density at radius 1 is 1.07 bits per heavy atom. The summed E-state index contributed by atoms with van der Waals surface area (Å²) < 4.78 is 53.1. The van der Waals surface area contributed by atoms with Gasteiger partial charge in [-0.15, -0.1) is 11.3 Å². The summed E-state index contributed by atoms with van der Waals surface area (Å²) in [6.07, 6.45) is 5.47. The maximum atomic E-state index is 13.6.